The number of carboxylic acid groups (broad SMARTS) is 1. The van der Waals surface area contributed by atoms with E-state index in [-0.39, 0.29) is 0 Å². The van der Waals surface area contributed by atoms with Gasteiger partial charge in [0.05, 0.1) is 5.69 Å². The van der Waals surface area contributed by atoms with E-state index in [4.69, 9.17) is 15.6 Å². The fourth-order valence-electron chi connectivity index (χ4n) is 1.81. The molecule has 6 nitrogen and oxygen atoms in total. The molecular weight excluding hydrogens is 313 g/mol. The first-order valence-electron chi connectivity index (χ1n) is 6.24. The molecule has 3 rings (SSSR count). The lowest BCUT2D eigenvalue weighted by molar-refractivity contribution is -0.192. The summed E-state index contributed by atoms with van der Waals surface area (Å²) in [5.41, 5.74) is 8.55. The number of halogens is 3. The lowest BCUT2D eigenvalue weighted by atomic mass is 10.1. The maximum Gasteiger partial charge on any atom is 0.490 e. The van der Waals surface area contributed by atoms with Crippen molar-refractivity contribution in [2.45, 2.75) is 6.18 Å². The highest BCUT2D eigenvalue weighted by molar-refractivity contribution is 5.94. The van der Waals surface area contributed by atoms with Crippen LogP contribution < -0.4 is 5.73 Å². The van der Waals surface area contributed by atoms with Gasteiger partial charge in [-0.1, -0.05) is 18.2 Å². The first-order chi connectivity index (χ1) is 10.8. The van der Waals surface area contributed by atoms with E-state index in [0.717, 1.165) is 22.2 Å². The summed E-state index contributed by atoms with van der Waals surface area (Å²) in [6.07, 6.45) is -1.48. The predicted molar refractivity (Wildman–Crippen MR) is 77.4 cm³/mol. The van der Waals surface area contributed by atoms with E-state index in [1.807, 2.05) is 30.5 Å². The molecule has 0 bridgehead atoms. The van der Waals surface area contributed by atoms with Gasteiger partial charge in [0.15, 0.2) is 0 Å². The van der Waals surface area contributed by atoms with Crippen LogP contribution >= 0.6 is 0 Å². The third-order valence-corrected chi connectivity index (χ3v) is 2.78. The van der Waals surface area contributed by atoms with Crippen LogP contribution in [0.5, 0.6) is 0 Å². The van der Waals surface area contributed by atoms with Crippen molar-refractivity contribution in [1.29, 1.82) is 0 Å². The fraction of sp³-hybridized carbons (Fsp3) is 0.0714. The van der Waals surface area contributed by atoms with Gasteiger partial charge in [-0.3, -0.25) is 0 Å². The summed E-state index contributed by atoms with van der Waals surface area (Å²) in [5.74, 6) is -2.46. The highest BCUT2D eigenvalue weighted by Crippen LogP contribution is 2.26. The van der Waals surface area contributed by atoms with Crippen LogP contribution in [-0.4, -0.2) is 32.2 Å². The van der Waals surface area contributed by atoms with Gasteiger partial charge in [-0.05, 0) is 12.1 Å². The number of aliphatic carboxylic acids is 1. The Kier molecular flexibility index (Phi) is 4.49. The number of rotatable bonds is 1. The summed E-state index contributed by atoms with van der Waals surface area (Å²) in [5, 5.41) is 8.26. The number of H-pyrrole nitrogens is 1. The van der Waals surface area contributed by atoms with E-state index < -0.39 is 12.1 Å². The zero-order valence-electron chi connectivity index (χ0n) is 11.5. The van der Waals surface area contributed by atoms with Crippen molar-refractivity contribution in [2.75, 3.05) is 5.73 Å². The molecule has 0 aliphatic carbocycles. The molecule has 0 saturated carbocycles. The molecule has 2 aromatic heterocycles. The zero-order valence-corrected chi connectivity index (χ0v) is 11.5. The Labute approximate surface area is 127 Å². The molecule has 2 heterocycles. The van der Waals surface area contributed by atoms with Crippen molar-refractivity contribution < 1.29 is 23.1 Å². The Balaban J connectivity index is 0.000000236. The smallest absolute Gasteiger partial charge is 0.475 e. The number of aromatic nitrogens is 3. The number of nitrogens with zero attached hydrogens (tertiary/aromatic N) is 2. The van der Waals surface area contributed by atoms with Gasteiger partial charge < -0.3 is 15.8 Å². The van der Waals surface area contributed by atoms with Gasteiger partial charge in [0.2, 0.25) is 5.95 Å². The minimum Gasteiger partial charge on any atom is -0.475 e. The number of para-hydroxylation sites is 1. The predicted octanol–water partition coefficient (Wildman–Crippen LogP) is 2.84. The van der Waals surface area contributed by atoms with Gasteiger partial charge in [-0.25, -0.2) is 14.8 Å². The number of alkyl halides is 3. The topological polar surface area (TPSA) is 105 Å². The average Bonchev–Trinajstić information content (AvgIpc) is 2.91. The third-order valence-electron chi connectivity index (χ3n) is 2.78. The van der Waals surface area contributed by atoms with Crippen LogP contribution in [-0.2, 0) is 4.79 Å². The van der Waals surface area contributed by atoms with E-state index >= 15 is 0 Å². The lowest BCUT2D eigenvalue weighted by Crippen LogP contribution is -2.21. The summed E-state index contributed by atoms with van der Waals surface area (Å²) >= 11 is 0. The molecule has 0 aliphatic rings. The lowest BCUT2D eigenvalue weighted by Gasteiger charge is -1.98. The highest BCUT2D eigenvalue weighted by Gasteiger charge is 2.38. The molecule has 9 heteroatoms. The summed E-state index contributed by atoms with van der Waals surface area (Å²) in [7, 11) is 0. The zero-order chi connectivity index (χ0) is 17.0. The van der Waals surface area contributed by atoms with Crippen LogP contribution in [0.2, 0.25) is 0 Å². The van der Waals surface area contributed by atoms with E-state index in [0.29, 0.717) is 5.95 Å². The van der Waals surface area contributed by atoms with Crippen molar-refractivity contribution >= 4 is 22.8 Å². The van der Waals surface area contributed by atoms with Crippen molar-refractivity contribution in [3.8, 4) is 11.3 Å². The number of nitrogens with two attached hydrogens (primary N) is 1. The summed E-state index contributed by atoms with van der Waals surface area (Å²) < 4.78 is 31.7. The molecule has 0 fully saturated rings. The molecule has 120 valence electrons. The number of benzene rings is 1. The molecule has 1 aromatic carbocycles. The number of hydrogen-bond donors (Lipinski definition) is 3. The van der Waals surface area contributed by atoms with Crippen LogP contribution in [0.4, 0.5) is 19.1 Å². The van der Waals surface area contributed by atoms with Crippen molar-refractivity contribution in [2.24, 2.45) is 0 Å². The maximum absolute atomic E-state index is 10.6. The first-order valence-corrected chi connectivity index (χ1v) is 6.24. The van der Waals surface area contributed by atoms with Gasteiger partial charge >= 0.3 is 12.1 Å². The quantitative estimate of drug-likeness (QED) is 0.638. The van der Waals surface area contributed by atoms with Gasteiger partial charge in [-0.15, -0.1) is 0 Å². The van der Waals surface area contributed by atoms with Crippen LogP contribution in [0.15, 0.2) is 42.7 Å². The molecular formula is C14H11F3N4O2. The third kappa shape index (κ3) is 3.96. The number of hydrogen-bond acceptors (Lipinski definition) is 4. The molecule has 0 aliphatic heterocycles. The van der Waals surface area contributed by atoms with E-state index in [2.05, 4.69) is 21.0 Å². The van der Waals surface area contributed by atoms with Gasteiger partial charge in [0.1, 0.15) is 0 Å². The van der Waals surface area contributed by atoms with Gasteiger partial charge in [-0.2, -0.15) is 13.2 Å². The summed E-state index contributed by atoms with van der Waals surface area (Å²) in [6, 6.07) is 9.94. The number of fused-ring (bicyclic) bond motifs is 1. The Bertz CT molecular complexity index is 830. The molecule has 0 amide bonds. The second-order valence-electron chi connectivity index (χ2n) is 4.35. The summed E-state index contributed by atoms with van der Waals surface area (Å²) in [4.78, 5) is 20.2. The Morgan fingerprint density at radius 1 is 1.22 bits per heavy atom. The average molecular weight is 324 g/mol. The number of nitrogens with one attached hydrogen (secondary N) is 1. The number of nitrogen functional groups attached to an aromatic ring is 1. The fourth-order valence-corrected chi connectivity index (χ4v) is 1.81. The minimum absolute atomic E-state index is 0.294. The number of carboxylic acids is 1. The maximum atomic E-state index is 10.6. The Morgan fingerprint density at radius 2 is 1.87 bits per heavy atom. The molecule has 3 aromatic rings. The van der Waals surface area contributed by atoms with Crippen molar-refractivity contribution in [1.82, 2.24) is 15.0 Å². The van der Waals surface area contributed by atoms with Crippen LogP contribution in [0.1, 0.15) is 0 Å². The Hall–Kier alpha value is -3.10. The normalized spacial score (nSPS) is 10.9. The number of anilines is 1. The van der Waals surface area contributed by atoms with Gasteiger partial charge in [0, 0.05) is 28.9 Å². The van der Waals surface area contributed by atoms with Crippen LogP contribution in [0.3, 0.4) is 0 Å². The van der Waals surface area contributed by atoms with E-state index in [1.54, 1.807) is 6.20 Å². The molecule has 0 spiro atoms. The molecule has 0 unspecified atom stereocenters. The van der Waals surface area contributed by atoms with E-state index in [9.17, 15) is 13.2 Å². The molecule has 23 heavy (non-hydrogen) atoms. The first kappa shape index (κ1) is 16.3. The second kappa shape index (κ2) is 6.34. The largest absolute Gasteiger partial charge is 0.490 e. The van der Waals surface area contributed by atoms with Crippen molar-refractivity contribution in [3.05, 3.63) is 42.7 Å². The monoisotopic (exact) mass is 324 g/mol. The van der Waals surface area contributed by atoms with Gasteiger partial charge in [0.25, 0.3) is 0 Å². The van der Waals surface area contributed by atoms with Crippen LogP contribution in [0.25, 0.3) is 22.2 Å². The minimum atomic E-state index is -5.08. The number of aromatic amines is 1. The van der Waals surface area contributed by atoms with Crippen LogP contribution in [0, 0.1) is 0 Å². The molecule has 0 radical (unpaired) electrons. The van der Waals surface area contributed by atoms with E-state index in [1.165, 1.54) is 0 Å². The number of carbonyl (C=O) groups is 1. The second-order valence-corrected chi connectivity index (χ2v) is 4.35. The molecule has 0 atom stereocenters. The Morgan fingerprint density at radius 3 is 2.48 bits per heavy atom. The summed E-state index contributed by atoms with van der Waals surface area (Å²) in [6.45, 7) is 0. The molecule has 4 N–H and O–H groups in total. The SMILES string of the molecule is Nc1nccc(-c2c[nH]c3ccccc23)n1.O=C(O)C(F)(F)F. The van der Waals surface area contributed by atoms with Crippen molar-refractivity contribution in [3.63, 3.8) is 0 Å². The molecule has 0 saturated heterocycles. The highest BCUT2D eigenvalue weighted by atomic mass is 19.4. The standard InChI is InChI=1S/C12H10N4.C2HF3O2/c13-12-14-6-5-11(16-12)9-7-15-10-4-2-1-3-8(9)10;3-2(4,5)1(6)7/h1-7,15H,(H2,13,14,16);(H,6,7).